The Labute approximate surface area is 147 Å². The maximum Gasteiger partial charge on any atom is 0.212 e. The van der Waals surface area contributed by atoms with E-state index in [1.54, 1.807) is 0 Å². The number of ether oxygens (including phenoxy) is 1. The van der Waals surface area contributed by atoms with E-state index in [2.05, 4.69) is 54.1 Å². The number of unbranched alkanes of at least 4 members (excludes halogenated alkanes) is 5. The Balaban J connectivity index is 1.58. The van der Waals surface area contributed by atoms with E-state index < -0.39 is 0 Å². The molecular formula is C22H34NO+. The molecule has 0 aliphatic heterocycles. The third kappa shape index (κ3) is 6.24. The van der Waals surface area contributed by atoms with Crippen molar-refractivity contribution in [2.24, 2.45) is 0 Å². The van der Waals surface area contributed by atoms with E-state index in [-0.39, 0.29) is 0 Å². The van der Waals surface area contributed by atoms with Crippen LogP contribution in [0.2, 0.25) is 0 Å². The topological polar surface area (TPSA) is 13.1 Å². The molecular weight excluding hydrogens is 294 g/mol. The number of para-hydroxylation sites is 1. The number of aromatic nitrogens is 1. The van der Waals surface area contributed by atoms with Crippen LogP contribution in [-0.2, 0) is 11.3 Å². The molecule has 0 N–H and O–H groups in total. The van der Waals surface area contributed by atoms with E-state index in [9.17, 15) is 0 Å². The third-order valence-corrected chi connectivity index (χ3v) is 4.91. The summed E-state index contributed by atoms with van der Waals surface area (Å²) < 4.78 is 7.91. The van der Waals surface area contributed by atoms with Gasteiger partial charge in [0.1, 0.15) is 6.54 Å². The van der Waals surface area contributed by atoms with Crippen molar-refractivity contribution in [3.8, 4) is 0 Å². The zero-order chi connectivity index (χ0) is 17.0. The first kappa shape index (κ1) is 18.9. The number of hydrogen-bond acceptors (Lipinski definition) is 1. The highest BCUT2D eigenvalue weighted by atomic mass is 16.5. The second kappa shape index (κ2) is 11.2. The van der Waals surface area contributed by atoms with E-state index >= 15 is 0 Å². The summed E-state index contributed by atoms with van der Waals surface area (Å²) in [6.45, 7) is 3.36. The molecule has 1 atom stereocenters. The Hall–Kier alpha value is -1.41. The van der Waals surface area contributed by atoms with Crippen molar-refractivity contribution in [2.45, 2.75) is 77.4 Å². The fourth-order valence-corrected chi connectivity index (χ4v) is 3.48. The average Bonchev–Trinajstić information content (AvgIpc) is 2.63. The summed E-state index contributed by atoms with van der Waals surface area (Å²) in [7, 11) is 1.85. The highest BCUT2D eigenvalue weighted by Gasteiger charge is 2.07. The quantitative estimate of drug-likeness (QED) is 0.361. The second-order valence-electron chi connectivity index (χ2n) is 6.82. The molecule has 0 aliphatic rings. The Bertz CT molecular complexity index is 576. The van der Waals surface area contributed by atoms with Gasteiger partial charge in [0.2, 0.25) is 5.52 Å². The lowest BCUT2D eigenvalue weighted by Crippen LogP contribution is -2.33. The first-order chi connectivity index (χ1) is 11.8. The lowest BCUT2D eigenvalue weighted by atomic mass is 10.0. The Morgan fingerprint density at radius 1 is 0.875 bits per heavy atom. The Kier molecular flexibility index (Phi) is 8.83. The summed E-state index contributed by atoms with van der Waals surface area (Å²) in [5.41, 5.74) is 1.35. The van der Waals surface area contributed by atoms with Crippen molar-refractivity contribution < 1.29 is 9.30 Å². The van der Waals surface area contributed by atoms with Gasteiger partial charge < -0.3 is 4.74 Å². The van der Waals surface area contributed by atoms with Crippen LogP contribution in [0.5, 0.6) is 0 Å². The van der Waals surface area contributed by atoms with Gasteiger partial charge in [-0.15, -0.1) is 0 Å². The monoisotopic (exact) mass is 328 g/mol. The molecule has 24 heavy (non-hydrogen) atoms. The van der Waals surface area contributed by atoms with E-state index in [1.165, 1.54) is 68.7 Å². The highest BCUT2D eigenvalue weighted by Crippen LogP contribution is 2.13. The van der Waals surface area contributed by atoms with Gasteiger partial charge in [0.25, 0.3) is 0 Å². The average molecular weight is 329 g/mol. The number of hydrogen-bond donors (Lipinski definition) is 0. The normalized spacial score (nSPS) is 12.6. The van der Waals surface area contributed by atoms with Crippen molar-refractivity contribution >= 4 is 10.9 Å². The Morgan fingerprint density at radius 2 is 1.58 bits per heavy atom. The minimum atomic E-state index is 0.484. The number of methoxy groups -OCH3 is 1. The lowest BCUT2D eigenvalue weighted by molar-refractivity contribution is -0.671. The van der Waals surface area contributed by atoms with Crippen LogP contribution in [-0.4, -0.2) is 13.2 Å². The zero-order valence-corrected chi connectivity index (χ0v) is 15.5. The van der Waals surface area contributed by atoms with Crippen LogP contribution in [0.3, 0.4) is 0 Å². The molecule has 2 rings (SSSR count). The molecule has 1 unspecified atom stereocenters. The van der Waals surface area contributed by atoms with Gasteiger partial charge in [0, 0.05) is 31.0 Å². The molecule has 1 aromatic heterocycles. The van der Waals surface area contributed by atoms with Gasteiger partial charge in [-0.3, -0.25) is 0 Å². The largest absolute Gasteiger partial charge is 0.381 e. The number of pyridine rings is 1. The van der Waals surface area contributed by atoms with E-state index in [0.29, 0.717) is 6.10 Å². The molecule has 0 radical (unpaired) electrons. The second-order valence-corrected chi connectivity index (χ2v) is 6.82. The van der Waals surface area contributed by atoms with Gasteiger partial charge in [0.05, 0.1) is 6.10 Å². The third-order valence-electron chi connectivity index (χ3n) is 4.91. The minimum Gasteiger partial charge on any atom is -0.381 e. The molecule has 0 amide bonds. The fraction of sp³-hybridized carbons (Fsp3) is 0.591. The van der Waals surface area contributed by atoms with Crippen LogP contribution in [0.4, 0.5) is 0 Å². The molecule has 2 heteroatoms. The molecule has 2 nitrogen and oxygen atoms in total. The molecule has 0 spiro atoms. The molecule has 1 aromatic carbocycles. The summed E-state index contributed by atoms with van der Waals surface area (Å²) in [6, 6.07) is 13.0. The fourth-order valence-electron chi connectivity index (χ4n) is 3.48. The summed E-state index contributed by atoms with van der Waals surface area (Å²) >= 11 is 0. The summed E-state index contributed by atoms with van der Waals surface area (Å²) in [5.74, 6) is 0. The van der Waals surface area contributed by atoms with Gasteiger partial charge >= 0.3 is 0 Å². The van der Waals surface area contributed by atoms with Gasteiger partial charge in [-0.25, -0.2) is 0 Å². The zero-order valence-electron chi connectivity index (χ0n) is 15.5. The van der Waals surface area contributed by atoms with Gasteiger partial charge in [0.15, 0.2) is 6.20 Å². The minimum absolute atomic E-state index is 0.484. The van der Waals surface area contributed by atoms with Crippen LogP contribution in [0.1, 0.15) is 64.7 Å². The van der Waals surface area contributed by atoms with E-state index in [1.807, 2.05) is 7.11 Å². The van der Waals surface area contributed by atoms with Crippen molar-refractivity contribution in [3.63, 3.8) is 0 Å². The van der Waals surface area contributed by atoms with Crippen LogP contribution >= 0.6 is 0 Å². The van der Waals surface area contributed by atoms with Crippen molar-refractivity contribution in [3.05, 3.63) is 42.6 Å². The standard InChI is InChI=1S/C22H34NO/c1-3-13-21(24-2)16-8-6-4-5-7-11-18-23-19-12-15-20-14-9-10-17-22(20)23/h9-10,12,14-15,17,19,21H,3-8,11,13,16,18H2,1-2H3/q+1. The summed E-state index contributed by atoms with van der Waals surface area (Å²) in [6.07, 6.45) is 14.4. The number of nitrogens with zero attached hydrogens (tertiary/aromatic N) is 1. The van der Waals surface area contributed by atoms with Crippen LogP contribution in [0, 0.1) is 0 Å². The van der Waals surface area contributed by atoms with Crippen LogP contribution in [0.15, 0.2) is 42.6 Å². The predicted molar refractivity (Wildman–Crippen MR) is 102 cm³/mol. The van der Waals surface area contributed by atoms with Gasteiger partial charge in [-0.05, 0) is 31.4 Å². The van der Waals surface area contributed by atoms with E-state index in [0.717, 1.165) is 6.54 Å². The van der Waals surface area contributed by atoms with Crippen molar-refractivity contribution in [2.75, 3.05) is 7.11 Å². The summed E-state index contributed by atoms with van der Waals surface area (Å²) in [4.78, 5) is 0. The molecule has 132 valence electrons. The van der Waals surface area contributed by atoms with E-state index in [4.69, 9.17) is 4.74 Å². The van der Waals surface area contributed by atoms with Crippen molar-refractivity contribution in [1.82, 2.24) is 0 Å². The van der Waals surface area contributed by atoms with Gasteiger partial charge in [-0.1, -0.05) is 51.2 Å². The van der Waals surface area contributed by atoms with Crippen molar-refractivity contribution in [1.29, 1.82) is 0 Å². The highest BCUT2D eigenvalue weighted by molar-refractivity contribution is 5.74. The Morgan fingerprint density at radius 3 is 2.38 bits per heavy atom. The smallest absolute Gasteiger partial charge is 0.212 e. The maximum absolute atomic E-state index is 5.52. The molecule has 0 aliphatic carbocycles. The first-order valence-electron chi connectivity index (χ1n) is 9.75. The molecule has 1 heterocycles. The molecule has 2 aromatic rings. The molecule has 0 saturated carbocycles. The van der Waals surface area contributed by atoms with Crippen LogP contribution in [0.25, 0.3) is 10.9 Å². The lowest BCUT2D eigenvalue weighted by Gasteiger charge is -2.13. The molecule has 0 saturated heterocycles. The van der Waals surface area contributed by atoms with Crippen LogP contribution < -0.4 is 4.57 Å². The summed E-state index contributed by atoms with van der Waals surface area (Å²) in [5, 5.41) is 1.33. The van der Waals surface area contributed by atoms with Gasteiger partial charge in [-0.2, -0.15) is 4.57 Å². The molecule has 0 fully saturated rings. The first-order valence-corrected chi connectivity index (χ1v) is 9.75. The number of aryl methyl sites for hydroxylation is 1. The number of fused-ring (bicyclic) bond motifs is 1. The number of rotatable bonds is 12. The number of benzene rings is 1. The predicted octanol–water partition coefficient (Wildman–Crippen LogP) is 5.67. The maximum atomic E-state index is 5.52. The molecule has 0 bridgehead atoms. The SMILES string of the molecule is CCCC(CCCCCCCC[n+]1cccc2ccccc21)OC.